The molecule has 0 saturated heterocycles. The van der Waals surface area contributed by atoms with Crippen molar-refractivity contribution in [2.24, 2.45) is 0 Å². The van der Waals surface area contributed by atoms with Gasteiger partial charge in [0.25, 0.3) is 0 Å². The van der Waals surface area contributed by atoms with E-state index in [4.69, 9.17) is 13.5 Å². The molecule has 5 nitrogen and oxygen atoms in total. The average molecular weight is 410 g/mol. The lowest BCUT2D eigenvalue weighted by atomic mass is 10.1. The van der Waals surface area contributed by atoms with Gasteiger partial charge in [-0.25, -0.2) is 4.63 Å². The Morgan fingerprint density at radius 3 is 1.52 bits per heavy atom. The number of furan rings is 2. The molecule has 0 aliphatic carbocycles. The monoisotopic (exact) mass is 408 g/mol. The van der Waals surface area contributed by atoms with Crippen LogP contribution in [0.5, 0.6) is 0 Å². The van der Waals surface area contributed by atoms with Gasteiger partial charge in [0.15, 0.2) is 9.34 Å². The Balaban J connectivity index is 1.96. The first-order valence-electron chi connectivity index (χ1n) is 5.99. The van der Waals surface area contributed by atoms with Gasteiger partial charge < -0.3 is 8.83 Å². The Kier molecular flexibility index (Phi) is 2.97. The summed E-state index contributed by atoms with van der Waals surface area (Å²) in [6.07, 6.45) is 0. The van der Waals surface area contributed by atoms with Crippen LogP contribution in [0.15, 0.2) is 59.2 Å². The molecule has 0 radical (unpaired) electrons. The first kappa shape index (κ1) is 12.8. The Morgan fingerprint density at radius 2 is 1.14 bits per heavy atom. The van der Waals surface area contributed by atoms with Crippen LogP contribution in [-0.2, 0) is 0 Å². The molecule has 0 bridgehead atoms. The molecule has 7 heteroatoms. The molecule has 0 amide bonds. The number of hydrogen-bond donors (Lipinski definition) is 0. The van der Waals surface area contributed by atoms with Gasteiger partial charge in [0.05, 0.1) is 0 Å². The minimum Gasteiger partial charge on any atom is -0.449 e. The van der Waals surface area contributed by atoms with Crippen LogP contribution >= 0.6 is 31.9 Å². The standard InChI is InChI=1S/C14H6Br2N2O3/c15-11-5-3-9(19-11)7-1-2-8(10-4-6-12(16)20-10)14-13(7)17-21-18-14/h1-6H. The number of aromatic nitrogens is 2. The maximum absolute atomic E-state index is 5.57. The third kappa shape index (κ3) is 2.13. The van der Waals surface area contributed by atoms with Gasteiger partial charge in [-0.15, -0.1) is 0 Å². The molecule has 0 fully saturated rings. The van der Waals surface area contributed by atoms with E-state index in [0.29, 0.717) is 31.9 Å². The lowest BCUT2D eigenvalue weighted by molar-refractivity contribution is 0.315. The van der Waals surface area contributed by atoms with Crippen molar-refractivity contribution in [2.75, 3.05) is 0 Å². The lowest BCUT2D eigenvalue weighted by Crippen LogP contribution is -1.83. The molecule has 3 aromatic heterocycles. The number of benzene rings is 1. The maximum Gasteiger partial charge on any atom is 0.169 e. The van der Waals surface area contributed by atoms with Crippen molar-refractivity contribution in [2.45, 2.75) is 0 Å². The number of nitrogens with zero attached hydrogens (tertiary/aromatic N) is 2. The average Bonchev–Trinajstić information content (AvgIpc) is 3.18. The molecule has 21 heavy (non-hydrogen) atoms. The topological polar surface area (TPSA) is 65.2 Å². The van der Waals surface area contributed by atoms with Crippen LogP contribution in [-0.4, -0.2) is 10.3 Å². The number of halogens is 2. The molecule has 0 aliphatic rings. The molecule has 0 N–H and O–H groups in total. The fourth-order valence-corrected chi connectivity index (χ4v) is 2.80. The van der Waals surface area contributed by atoms with Gasteiger partial charge in [-0.1, -0.05) is 0 Å². The molecule has 104 valence electrons. The highest BCUT2D eigenvalue weighted by Gasteiger charge is 2.18. The molecule has 1 aromatic carbocycles. The van der Waals surface area contributed by atoms with E-state index in [1.54, 1.807) is 0 Å². The molecule has 0 spiro atoms. The number of hydrogen-bond acceptors (Lipinski definition) is 5. The first-order valence-corrected chi connectivity index (χ1v) is 7.57. The Hall–Kier alpha value is -1.86. The zero-order valence-electron chi connectivity index (χ0n) is 10.3. The van der Waals surface area contributed by atoms with Crippen LogP contribution in [0.4, 0.5) is 0 Å². The van der Waals surface area contributed by atoms with Gasteiger partial charge in [0.1, 0.15) is 22.6 Å². The van der Waals surface area contributed by atoms with E-state index in [2.05, 4.69) is 42.2 Å². The SMILES string of the molecule is Brc1ccc(-c2ccc(-c3ccc(Br)o3)c3nonc23)o1. The fraction of sp³-hybridized carbons (Fsp3) is 0. The Morgan fingerprint density at radius 1 is 0.667 bits per heavy atom. The van der Waals surface area contributed by atoms with E-state index in [1.165, 1.54) is 0 Å². The zero-order chi connectivity index (χ0) is 14.4. The minimum absolute atomic E-state index is 0.627. The van der Waals surface area contributed by atoms with Gasteiger partial charge in [-0.3, -0.25) is 0 Å². The zero-order valence-corrected chi connectivity index (χ0v) is 13.5. The normalized spacial score (nSPS) is 11.3. The fourth-order valence-electron chi connectivity index (χ4n) is 2.18. The van der Waals surface area contributed by atoms with Crippen LogP contribution in [0.3, 0.4) is 0 Å². The van der Waals surface area contributed by atoms with Gasteiger partial charge in [-0.2, -0.15) is 0 Å². The van der Waals surface area contributed by atoms with Crippen molar-refractivity contribution in [1.82, 2.24) is 10.3 Å². The molecular weight excluding hydrogens is 404 g/mol. The second-order valence-corrected chi connectivity index (χ2v) is 5.89. The molecule has 0 atom stereocenters. The first-order chi connectivity index (χ1) is 10.2. The predicted octanol–water partition coefficient (Wildman–Crippen LogP) is 5.27. The molecule has 0 unspecified atom stereocenters. The molecule has 0 saturated carbocycles. The van der Waals surface area contributed by atoms with Crippen molar-refractivity contribution in [3.05, 3.63) is 45.7 Å². The third-order valence-electron chi connectivity index (χ3n) is 3.09. The van der Waals surface area contributed by atoms with Crippen molar-refractivity contribution in [3.8, 4) is 22.6 Å². The predicted molar refractivity (Wildman–Crippen MR) is 82.6 cm³/mol. The van der Waals surface area contributed by atoms with Crippen LogP contribution in [0, 0.1) is 0 Å². The van der Waals surface area contributed by atoms with Gasteiger partial charge in [0.2, 0.25) is 0 Å². The van der Waals surface area contributed by atoms with E-state index >= 15 is 0 Å². The quantitative estimate of drug-likeness (QED) is 0.451. The third-order valence-corrected chi connectivity index (χ3v) is 3.95. The second kappa shape index (κ2) is 4.85. The van der Waals surface area contributed by atoms with Crippen LogP contribution < -0.4 is 0 Å². The van der Waals surface area contributed by atoms with E-state index in [0.717, 1.165) is 11.1 Å². The molecular formula is C14H6Br2N2O3. The minimum atomic E-state index is 0.627. The summed E-state index contributed by atoms with van der Waals surface area (Å²) in [6, 6.07) is 11.2. The van der Waals surface area contributed by atoms with E-state index < -0.39 is 0 Å². The summed E-state index contributed by atoms with van der Waals surface area (Å²) in [4.78, 5) is 0. The molecule has 4 aromatic rings. The van der Waals surface area contributed by atoms with Gasteiger partial charge >= 0.3 is 0 Å². The highest BCUT2D eigenvalue weighted by molar-refractivity contribution is 9.10. The summed E-state index contributed by atoms with van der Waals surface area (Å²) in [5.74, 6) is 1.38. The lowest BCUT2D eigenvalue weighted by Gasteiger charge is -2.01. The summed E-state index contributed by atoms with van der Waals surface area (Å²) in [5.41, 5.74) is 2.88. The van der Waals surface area contributed by atoms with Crippen LogP contribution in [0.1, 0.15) is 0 Å². The number of fused-ring (bicyclic) bond motifs is 1. The van der Waals surface area contributed by atoms with E-state index in [9.17, 15) is 0 Å². The Labute approximate surface area is 135 Å². The van der Waals surface area contributed by atoms with Crippen molar-refractivity contribution < 1.29 is 13.5 Å². The molecule has 0 aliphatic heterocycles. The summed E-state index contributed by atoms with van der Waals surface area (Å²) < 4.78 is 17.3. The largest absolute Gasteiger partial charge is 0.449 e. The maximum atomic E-state index is 5.57. The van der Waals surface area contributed by atoms with Crippen LogP contribution in [0.2, 0.25) is 0 Å². The van der Waals surface area contributed by atoms with E-state index in [-0.39, 0.29) is 0 Å². The number of rotatable bonds is 2. The van der Waals surface area contributed by atoms with E-state index in [1.807, 2.05) is 36.4 Å². The summed E-state index contributed by atoms with van der Waals surface area (Å²) in [7, 11) is 0. The van der Waals surface area contributed by atoms with Crippen molar-refractivity contribution >= 4 is 42.9 Å². The smallest absolute Gasteiger partial charge is 0.169 e. The van der Waals surface area contributed by atoms with Gasteiger partial charge in [-0.05, 0) is 78.6 Å². The summed E-state index contributed by atoms with van der Waals surface area (Å²) in [5, 5.41) is 7.96. The van der Waals surface area contributed by atoms with Crippen molar-refractivity contribution in [1.29, 1.82) is 0 Å². The highest BCUT2D eigenvalue weighted by Crippen LogP contribution is 2.36. The summed E-state index contributed by atoms with van der Waals surface area (Å²) >= 11 is 6.58. The second-order valence-electron chi connectivity index (χ2n) is 4.33. The highest BCUT2D eigenvalue weighted by atomic mass is 79.9. The Bertz CT molecular complexity index is 864. The van der Waals surface area contributed by atoms with Gasteiger partial charge in [0, 0.05) is 11.1 Å². The van der Waals surface area contributed by atoms with Crippen molar-refractivity contribution in [3.63, 3.8) is 0 Å². The summed E-state index contributed by atoms with van der Waals surface area (Å²) in [6.45, 7) is 0. The molecule has 3 heterocycles. The van der Waals surface area contributed by atoms with Crippen LogP contribution in [0.25, 0.3) is 33.7 Å². The molecule has 4 rings (SSSR count).